The average molecular weight is 338 g/mol. The summed E-state index contributed by atoms with van der Waals surface area (Å²) < 4.78 is 1.03. The molecule has 0 saturated carbocycles. The molecule has 3 rings (SSSR count). The minimum absolute atomic E-state index is 0.481. The van der Waals surface area contributed by atoms with E-state index < -0.39 is 17.9 Å². The number of carboxylic acid groups (broad SMARTS) is 1. The van der Waals surface area contributed by atoms with Crippen LogP contribution in [0.15, 0.2) is 60.7 Å². The fourth-order valence-corrected chi connectivity index (χ4v) is 3.10. The van der Waals surface area contributed by atoms with Gasteiger partial charge in [-0.25, -0.2) is 9.78 Å². The third-order valence-electron chi connectivity index (χ3n) is 3.35. The van der Waals surface area contributed by atoms with Gasteiger partial charge in [-0.1, -0.05) is 42.5 Å². The van der Waals surface area contributed by atoms with Crippen molar-refractivity contribution in [3.05, 3.63) is 71.2 Å². The van der Waals surface area contributed by atoms with Gasteiger partial charge in [0.25, 0.3) is 0 Å². The lowest BCUT2D eigenvalue weighted by molar-refractivity contribution is -0.141. The number of hydrogen-bond acceptors (Lipinski definition) is 4. The van der Waals surface area contributed by atoms with Crippen molar-refractivity contribution in [1.82, 2.24) is 10.3 Å². The van der Waals surface area contributed by atoms with Crippen LogP contribution in [0.2, 0.25) is 0 Å². The van der Waals surface area contributed by atoms with Crippen LogP contribution in [-0.4, -0.2) is 22.0 Å². The van der Waals surface area contributed by atoms with Gasteiger partial charge in [0.2, 0.25) is 5.91 Å². The zero-order chi connectivity index (χ0) is 16.9. The lowest BCUT2D eigenvalue weighted by Gasteiger charge is -2.13. The van der Waals surface area contributed by atoms with Gasteiger partial charge in [0.05, 0.1) is 10.2 Å². The van der Waals surface area contributed by atoms with Crippen LogP contribution in [0.3, 0.4) is 0 Å². The number of thiazole rings is 1. The van der Waals surface area contributed by atoms with E-state index in [1.54, 1.807) is 36.4 Å². The van der Waals surface area contributed by atoms with Gasteiger partial charge >= 0.3 is 5.97 Å². The summed E-state index contributed by atoms with van der Waals surface area (Å²) in [5.74, 6) is -1.59. The Hall–Kier alpha value is -2.99. The van der Waals surface area contributed by atoms with Crippen LogP contribution < -0.4 is 5.32 Å². The van der Waals surface area contributed by atoms with Crippen LogP contribution in [0.1, 0.15) is 16.6 Å². The molecule has 0 aliphatic rings. The maximum Gasteiger partial charge on any atom is 0.330 e. The molecule has 0 bridgehead atoms. The van der Waals surface area contributed by atoms with Gasteiger partial charge in [-0.3, -0.25) is 4.79 Å². The Morgan fingerprint density at radius 2 is 1.79 bits per heavy atom. The molecule has 24 heavy (non-hydrogen) atoms. The van der Waals surface area contributed by atoms with Gasteiger partial charge < -0.3 is 10.4 Å². The van der Waals surface area contributed by atoms with Crippen molar-refractivity contribution in [3.8, 4) is 0 Å². The second-order valence-corrected chi connectivity index (χ2v) is 6.11. The van der Waals surface area contributed by atoms with E-state index in [9.17, 15) is 14.7 Å². The van der Waals surface area contributed by atoms with E-state index in [-0.39, 0.29) is 0 Å². The van der Waals surface area contributed by atoms with Crippen molar-refractivity contribution < 1.29 is 14.7 Å². The lowest BCUT2D eigenvalue weighted by Crippen LogP contribution is -2.32. The molecule has 3 aromatic rings. The monoisotopic (exact) mass is 338 g/mol. The SMILES string of the molecule is O=C(C=Cc1nc2ccccc2s1)NC(C(=O)O)c1ccccc1. The Morgan fingerprint density at radius 1 is 1.08 bits per heavy atom. The molecule has 5 nitrogen and oxygen atoms in total. The number of carbonyl (C=O) groups excluding carboxylic acids is 1. The molecule has 1 atom stereocenters. The van der Waals surface area contributed by atoms with E-state index in [1.807, 2.05) is 24.3 Å². The van der Waals surface area contributed by atoms with Crippen LogP contribution >= 0.6 is 11.3 Å². The number of carboxylic acids is 1. The number of aromatic nitrogens is 1. The van der Waals surface area contributed by atoms with Crippen LogP contribution in [0.4, 0.5) is 0 Å². The van der Waals surface area contributed by atoms with Gasteiger partial charge in [-0.2, -0.15) is 0 Å². The quantitative estimate of drug-likeness (QED) is 0.700. The molecule has 0 spiro atoms. The molecule has 1 unspecified atom stereocenters. The van der Waals surface area contributed by atoms with Crippen molar-refractivity contribution >= 4 is 39.5 Å². The lowest BCUT2D eigenvalue weighted by atomic mass is 10.1. The van der Waals surface area contributed by atoms with E-state index in [0.717, 1.165) is 10.2 Å². The minimum atomic E-state index is -1.11. The first kappa shape index (κ1) is 15.9. The summed E-state index contributed by atoms with van der Waals surface area (Å²) in [7, 11) is 0. The van der Waals surface area contributed by atoms with Crippen LogP contribution in [0.5, 0.6) is 0 Å². The summed E-state index contributed by atoms with van der Waals surface area (Å²) in [6.45, 7) is 0. The largest absolute Gasteiger partial charge is 0.479 e. The number of hydrogen-bond donors (Lipinski definition) is 2. The highest BCUT2D eigenvalue weighted by Crippen LogP contribution is 2.22. The maximum absolute atomic E-state index is 12.0. The van der Waals surface area contributed by atoms with E-state index in [0.29, 0.717) is 10.6 Å². The van der Waals surface area contributed by atoms with Gasteiger partial charge in [-0.15, -0.1) is 11.3 Å². The van der Waals surface area contributed by atoms with Gasteiger partial charge in [0.1, 0.15) is 5.01 Å². The first-order valence-electron chi connectivity index (χ1n) is 7.25. The van der Waals surface area contributed by atoms with Crippen LogP contribution in [0.25, 0.3) is 16.3 Å². The molecular formula is C18H14N2O3S. The first-order valence-corrected chi connectivity index (χ1v) is 8.07. The number of benzene rings is 2. The number of rotatable bonds is 5. The van der Waals surface area contributed by atoms with Crippen molar-refractivity contribution in [3.63, 3.8) is 0 Å². The standard InChI is InChI=1S/C18H14N2O3S/c21-15(20-17(18(22)23)12-6-2-1-3-7-12)10-11-16-19-13-8-4-5-9-14(13)24-16/h1-11,17H,(H,20,21)(H,22,23). The minimum Gasteiger partial charge on any atom is -0.479 e. The fraction of sp³-hybridized carbons (Fsp3) is 0.0556. The molecule has 0 radical (unpaired) electrons. The summed E-state index contributed by atoms with van der Waals surface area (Å²) in [5.41, 5.74) is 1.39. The molecule has 120 valence electrons. The Balaban J connectivity index is 1.72. The highest BCUT2D eigenvalue weighted by Gasteiger charge is 2.20. The van der Waals surface area contributed by atoms with Crippen molar-refractivity contribution in [2.75, 3.05) is 0 Å². The van der Waals surface area contributed by atoms with Gasteiger partial charge in [-0.05, 0) is 23.8 Å². The van der Waals surface area contributed by atoms with E-state index in [2.05, 4.69) is 10.3 Å². The van der Waals surface area contributed by atoms with E-state index >= 15 is 0 Å². The number of aliphatic carboxylic acids is 1. The molecule has 0 aliphatic carbocycles. The molecule has 0 saturated heterocycles. The number of carbonyl (C=O) groups is 2. The maximum atomic E-state index is 12.0. The number of nitrogens with one attached hydrogen (secondary N) is 1. The van der Waals surface area contributed by atoms with Crippen molar-refractivity contribution in [2.45, 2.75) is 6.04 Å². The number of nitrogens with zero attached hydrogens (tertiary/aromatic N) is 1. The van der Waals surface area contributed by atoms with Crippen LogP contribution in [0, 0.1) is 0 Å². The molecule has 1 aromatic heterocycles. The fourth-order valence-electron chi connectivity index (χ4n) is 2.23. The molecule has 0 aliphatic heterocycles. The van der Waals surface area contributed by atoms with E-state index in [1.165, 1.54) is 17.4 Å². The summed E-state index contributed by atoms with van der Waals surface area (Å²) in [4.78, 5) is 27.8. The van der Waals surface area contributed by atoms with Crippen LogP contribution in [-0.2, 0) is 9.59 Å². The topological polar surface area (TPSA) is 79.3 Å². The second kappa shape index (κ2) is 7.06. The normalized spacial score (nSPS) is 12.3. The number of fused-ring (bicyclic) bond motifs is 1. The highest BCUT2D eigenvalue weighted by atomic mass is 32.1. The van der Waals surface area contributed by atoms with E-state index in [4.69, 9.17) is 0 Å². The highest BCUT2D eigenvalue weighted by molar-refractivity contribution is 7.19. The Labute approximate surface area is 142 Å². The molecule has 0 fully saturated rings. The molecule has 2 aromatic carbocycles. The Morgan fingerprint density at radius 3 is 2.50 bits per heavy atom. The predicted octanol–water partition coefficient (Wildman–Crippen LogP) is 3.25. The molecule has 2 N–H and O–H groups in total. The molecule has 1 heterocycles. The summed E-state index contributed by atoms with van der Waals surface area (Å²) >= 11 is 1.47. The Kier molecular flexibility index (Phi) is 4.67. The van der Waals surface area contributed by atoms with Crippen molar-refractivity contribution in [1.29, 1.82) is 0 Å². The Bertz CT molecular complexity index is 870. The molecule has 1 amide bonds. The zero-order valence-electron chi connectivity index (χ0n) is 12.5. The molecular weight excluding hydrogens is 324 g/mol. The third-order valence-corrected chi connectivity index (χ3v) is 4.36. The number of para-hydroxylation sites is 1. The summed E-state index contributed by atoms with van der Waals surface area (Å²) in [6.07, 6.45) is 2.89. The average Bonchev–Trinajstić information content (AvgIpc) is 3.01. The molecule has 6 heteroatoms. The second-order valence-electron chi connectivity index (χ2n) is 5.04. The zero-order valence-corrected chi connectivity index (χ0v) is 13.4. The van der Waals surface area contributed by atoms with Gasteiger partial charge in [0, 0.05) is 6.08 Å². The summed E-state index contributed by atoms with van der Waals surface area (Å²) in [6, 6.07) is 15.2. The predicted molar refractivity (Wildman–Crippen MR) is 93.6 cm³/mol. The smallest absolute Gasteiger partial charge is 0.330 e. The number of amides is 1. The first-order chi connectivity index (χ1) is 11.6. The summed E-state index contributed by atoms with van der Waals surface area (Å²) in [5, 5.41) is 12.5. The van der Waals surface area contributed by atoms with Crippen molar-refractivity contribution in [2.24, 2.45) is 0 Å². The van der Waals surface area contributed by atoms with Gasteiger partial charge in [0.15, 0.2) is 6.04 Å². The third kappa shape index (κ3) is 3.67.